The minimum Gasteiger partial charge on any atom is -0.471 e. The van der Waals surface area contributed by atoms with Crippen molar-refractivity contribution in [1.82, 2.24) is 9.55 Å². The highest BCUT2D eigenvalue weighted by atomic mass is 16.5. The summed E-state index contributed by atoms with van der Waals surface area (Å²) in [6, 6.07) is 10.3. The standard InChI is InChI=1S/C20H24N2O2/c1-14-7-5-6-8-17(14)13-24-20-19-18(9-10-21-20)15(2)16(3)22(19)11-12-23-4/h5-10H,11-13H2,1-4H3. The second-order valence-electron chi connectivity index (χ2n) is 6.08. The Bertz CT molecular complexity index is 852. The van der Waals surface area contributed by atoms with E-state index in [-0.39, 0.29) is 0 Å². The van der Waals surface area contributed by atoms with Crippen molar-refractivity contribution in [2.75, 3.05) is 13.7 Å². The van der Waals surface area contributed by atoms with Crippen molar-refractivity contribution >= 4 is 10.9 Å². The van der Waals surface area contributed by atoms with Gasteiger partial charge in [0.15, 0.2) is 0 Å². The summed E-state index contributed by atoms with van der Waals surface area (Å²) in [6.07, 6.45) is 1.82. The van der Waals surface area contributed by atoms with E-state index >= 15 is 0 Å². The Hall–Kier alpha value is -2.33. The van der Waals surface area contributed by atoms with E-state index in [1.807, 2.05) is 18.3 Å². The maximum Gasteiger partial charge on any atom is 0.238 e. The molecule has 0 amide bonds. The van der Waals surface area contributed by atoms with Crippen LogP contribution in [-0.2, 0) is 17.9 Å². The van der Waals surface area contributed by atoms with Crippen LogP contribution in [-0.4, -0.2) is 23.3 Å². The van der Waals surface area contributed by atoms with E-state index < -0.39 is 0 Å². The molecule has 4 heteroatoms. The first-order valence-electron chi connectivity index (χ1n) is 8.24. The third kappa shape index (κ3) is 3.02. The summed E-state index contributed by atoms with van der Waals surface area (Å²) < 4.78 is 13.6. The normalized spacial score (nSPS) is 11.2. The van der Waals surface area contributed by atoms with E-state index in [1.165, 1.54) is 27.8 Å². The molecule has 0 aliphatic carbocycles. The second-order valence-corrected chi connectivity index (χ2v) is 6.08. The minimum absolute atomic E-state index is 0.520. The Morgan fingerprint density at radius 3 is 2.62 bits per heavy atom. The Morgan fingerprint density at radius 2 is 1.88 bits per heavy atom. The van der Waals surface area contributed by atoms with Crippen LogP contribution >= 0.6 is 0 Å². The van der Waals surface area contributed by atoms with Crippen LogP contribution in [0.1, 0.15) is 22.4 Å². The van der Waals surface area contributed by atoms with Gasteiger partial charge in [0.1, 0.15) is 12.1 Å². The van der Waals surface area contributed by atoms with Crippen molar-refractivity contribution in [3.05, 3.63) is 58.9 Å². The van der Waals surface area contributed by atoms with Gasteiger partial charge in [-0.3, -0.25) is 0 Å². The fourth-order valence-corrected chi connectivity index (χ4v) is 3.05. The molecule has 24 heavy (non-hydrogen) atoms. The number of aryl methyl sites for hydroxylation is 2. The van der Waals surface area contributed by atoms with Crippen LogP contribution in [0.25, 0.3) is 10.9 Å². The number of methoxy groups -OCH3 is 1. The van der Waals surface area contributed by atoms with E-state index in [0.29, 0.717) is 19.1 Å². The second kappa shape index (κ2) is 7.05. The third-order valence-electron chi connectivity index (χ3n) is 4.66. The van der Waals surface area contributed by atoms with Crippen molar-refractivity contribution in [3.8, 4) is 5.88 Å². The third-order valence-corrected chi connectivity index (χ3v) is 4.66. The minimum atomic E-state index is 0.520. The van der Waals surface area contributed by atoms with Crippen molar-refractivity contribution < 1.29 is 9.47 Å². The summed E-state index contributed by atoms with van der Waals surface area (Å²) in [5, 5.41) is 1.19. The van der Waals surface area contributed by atoms with E-state index in [9.17, 15) is 0 Å². The van der Waals surface area contributed by atoms with Crippen LogP contribution in [0.3, 0.4) is 0 Å². The molecule has 4 nitrogen and oxygen atoms in total. The quantitative estimate of drug-likeness (QED) is 0.682. The largest absolute Gasteiger partial charge is 0.471 e. The van der Waals surface area contributed by atoms with Gasteiger partial charge in [-0.2, -0.15) is 0 Å². The number of pyridine rings is 1. The molecule has 0 unspecified atom stereocenters. The highest BCUT2D eigenvalue weighted by molar-refractivity contribution is 5.88. The summed E-state index contributed by atoms with van der Waals surface area (Å²) in [5.74, 6) is 0.683. The number of hydrogen-bond donors (Lipinski definition) is 0. The summed E-state index contributed by atoms with van der Waals surface area (Å²) >= 11 is 0. The predicted molar refractivity (Wildman–Crippen MR) is 96.6 cm³/mol. The lowest BCUT2D eigenvalue weighted by atomic mass is 10.1. The van der Waals surface area contributed by atoms with Crippen molar-refractivity contribution in [2.45, 2.75) is 33.9 Å². The molecule has 1 aromatic carbocycles. The summed E-state index contributed by atoms with van der Waals surface area (Å²) in [7, 11) is 1.72. The van der Waals surface area contributed by atoms with Gasteiger partial charge in [0.05, 0.1) is 6.61 Å². The Balaban J connectivity index is 1.98. The Labute approximate surface area is 143 Å². The van der Waals surface area contributed by atoms with Gasteiger partial charge in [-0.05, 0) is 43.5 Å². The Kier molecular flexibility index (Phi) is 4.86. The van der Waals surface area contributed by atoms with Crippen LogP contribution in [0.4, 0.5) is 0 Å². The topological polar surface area (TPSA) is 36.3 Å². The van der Waals surface area contributed by atoms with E-state index in [4.69, 9.17) is 9.47 Å². The first-order chi connectivity index (χ1) is 11.6. The first kappa shape index (κ1) is 16.5. The monoisotopic (exact) mass is 324 g/mol. The predicted octanol–water partition coefficient (Wildman–Crippen LogP) is 4.19. The van der Waals surface area contributed by atoms with Gasteiger partial charge in [-0.1, -0.05) is 24.3 Å². The zero-order chi connectivity index (χ0) is 17.1. The molecule has 0 atom stereocenters. The molecule has 0 saturated carbocycles. The van der Waals surface area contributed by atoms with Crippen LogP contribution in [0.2, 0.25) is 0 Å². The molecular weight excluding hydrogens is 300 g/mol. The van der Waals surface area contributed by atoms with Gasteiger partial charge in [0.2, 0.25) is 5.88 Å². The van der Waals surface area contributed by atoms with Crippen LogP contribution in [0, 0.1) is 20.8 Å². The SMILES string of the molecule is COCCn1c(C)c(C)c2ccnc(OCc3ccccc3C)c21. The molecule has 0 aliphatic heterocycles. The average Bonchev–Trinajstić information content (AvgIpc) is 2.84. The van der Waals surface area contributed by atoms with Crippen molar-refractivity contribution in [1.29, 1.82) is 0 Å². The molecule has 0 N–H and O–H groups in total. The van der Waals surface area contributed by atoms with Crippen molar-refractivity contribution in [2.24, 2.45) is 0 Å². The number of aromatic nitrogens is 2. The fourth-order valence-electron chi connectivity index (χ4n) is 3.05. The average molecular weight is 324 g/mol. The lowest BCUT2D eigenvalue weighted by molar-refractivity contribution is 0.187. The summed E-state index contributed by atoms with van der Waals surface area (Å²) in [4.78, 5) is 4.49. The number of benzene rings is 1. The zero-order valence-corrected chi connectivity index (χ0v) is 14.8. The molecule has 0 radical (unpaired) electrons. The zero-order valence-electron chi connectivity index (χ0n) is 14.8. The van der Waals surface area contributed by atoms with Gasteiger partial charge in [-0.25, -0.2) is 4.98 Å². The number of rotatable bonds is 6. The van der Waals surface area contributed by atoms with Crippen molar-refractivity contribution in [3.63, 3.8) is 0 Å². The maximum atomic E-state index is 6.10. The van der Waals surface area contributed by atoms with Crippen LogP contribution in [0.15, 0.2) is 36.5 Å². The number of fused-ring (bicyclic) bond motifs is 1. The molecule has 3 rings (SSSR count). The van der Waals surface area contributed by atoms with E-state index in [0.717, 1.165) is 12.1 Å². The van der Waals surface area contributed by atoms with Gasteiger partial charge in [0.25, 0.3) is 0 Å². The molecule has 3 aromatic rings. The molecule has 0 aliphatic rings. The smallest absolute Gasteiger partial charge is 0.238 e. The van der Waals surface area contributed by atoms with Gasteiger partial charge in [-0.15, -0.1) is 0 Å². The molecule has 2 heterocycles. The number of nitrogens with zero attached hydrogens (tertiary/aromatic N) is 2. The molecule has 126 valence electrons. The molecule has 0 bridgehead atoms. The van der Waals surface area contributed by atoms with Gasteiger partial charge in [0, 0.05) is 30.9 Å². The van der Waals surface area contributed by atoms with Gasteiger partial charge < -0.3 is 14.0 Å². The highest BCUT2D eigenvalue weighted by Gasteiger charge is 2.16. The highest BCUT2D eigenvalue weighted by Crippen LogP contribution is 2.31. The fraction of sp³-hybridized carbons (Fsp3) is 0.350. The lowest BCUT2D eigenvalue weighted by Gasteiger charge is -2.12. The molecule has 0 spiro atoms. The summed E-state index contributed by atoms with van der Waals surface area (Å²) in [6.45, 7) is 8.35. The van der Waals surface area contributed by atoms with E-state index in [2.05, 4.69) is 48.5 Å². The van der Waals surface area contributed by atoms with Crippen LogP contribution in [0.5, 0.6) is 5.88 Å². The molecular formula is C20H24N2O2. The Morgan fingerprint density at radius 1 is 1.08 bits per heavy atom. The number of ether oxygens (including phenoxy) is 2. The molecule has 2 aromatic heterocycles. The first-order valence-corrected chi connectivity index (χ1v) is 8.24. The lowest BCUT2D eigenvalue weighted by Crippen LogP contribution is -2.08. The van der Waals surface area contributed by atoms with Crippen LogP contribution < -0.4 is 4.74 Å². The molecule has 0 fully saturated rings. The molecule has 0 saturated heterocycles. The summed E-state index contributed by atoms with van der Waals surface area (Å²) in [5.41, 5.74) is 5.96. The van der Waals surface area contributed by atoms with E-state index in [1.54, 1.807) is 7.11 Å². The van der Waals surface area contributed by atoms with Gasteiger partial charge >= 0.3 is 0 Å². The number of hydrogen-bond acceptors (Lipinski definition) is 3. The maximum absolute atomic E-state index is 6.10.